The summed E-state index contributed by atoms with van der Waals surface area (Å²) in [6.07, 6.45) is -1.82. The molecule has 10 heteroatoms. The first-order chi connectivity index (χ1) is 16.2. The van der Waals surface area contributed by atoms with Crippen LogP contribution in [-0.4, -0.2) is 39.8 Å². The molecular formula is C24H24F4N4O2. The van der Waals surface area contributed by atoms with Crippen LogP contribution in [-0.2, 0) is 28.2 Å². The first kappa shape index (κ1) is 23.9. The van der Waals surface area contributed by atoms with E-state index in [1.165, 1.54) is 29.9 Å². The van der Waals surface area contributed by atoms with Gasteiger partial charge in [0.05, 0.1) is 25.0 Å². The fraction of sp³-hybridized carbons (Fsp3) is 0.333. The van der Waals surface area contributed by atoms with Crippen molar-refractivity contribution in [3.8, 4) is 11.3 Å². The van der Waals surface area contributed by atoms with Crippen LogP contribution in [0.3, 0.4) is 0 Å². The van der Waals surface area contributed by atoms with Gasteiger partial charge in [-0.25, -0.2) is 9.07 Å². The highest BCUT2D eigenvalue weighted by molar-refractivity contribution is 5.72. The first-order valence-corrected chi connectivity index (χ1v) is 10.6. The van der Waals surface area contributed by atoms with E-state index in [2.05, 4.69) is 10.3 Å². The Hall–Kier alpha value is -3.24. The van der Waals surface area contributed by atoms with E-state index >= 15 is 0 Å². The lowest BCUT2D eigenvalue weighted by atomic mass is 9.96. The summed E-state index contributed by atoms with van der Waals surface area (Å²) in [4.78, 5) is 0. The minimum absolute atomic E-state index is 0.224. The average molecular weight is 476 g/mol. The molecule has 1 atom stereocenters. The quantitative estimate of drug-likeness (QED) is 0.322. The highest BCUT2D eigenvalue weighted by atomic mass is 19.4. The number of halogens is 4. The van der Waals surface area contributed by atoms with Crippen molar-refractivity contribution in [3.05, 3.63) is 77.5 Å². The number of rotatable bonds is 8. The van der Waals surface area contributed by atoms with Gasteiger partial charge in [-0.1, -0.05) is 12.1 Å². The molecular weight excluding hydrogens is 452 g/mol. The maximum absolute atomic E-state index is 13.7. The summed E-state index contributed by atoms with van der Waals surface area (Å²) in [5, 5.41) is 7.66. The molecule has 1 aromatic carbocycles. The van der Waals surface area contributed by atoms with E-state index in [0.29, 0.717) is 6.61 Å². The molecule has 34 heavy (non-hydrogen) atoms. The summed E-state index contributed by atoms with van der Waals surface area (Å²) in [5.41, 5.74) is 1.54. The van der Waals surface area contributed by atoms with Crippen molar-refractivity contribution in [1.82, 2.24) is 19.4 Å². The Bertz CT molecular complexity index is 1270. The highest BCUT2D eigenvalue weighted by Gasteiger charge is 2.57. The molecule has 0 saturated heterocycles. The monoisotopic (exact) mass is 476 g/mol. The summed E-state index contributed by atoms with van der Waals surface area (Å²) in [7, 11) is 2.62. The lowest BCUT2D eigenvalue weighted by Crippen LogP contribution is -2.44. The first-order valence-electron chi connectivity index (χ1n) is 10.6. The van der Waals surface area contributed by atoms with Crippen LogP contribution in [0.4, 0.5) is 17.6 Å². The van der Waals surface area contributed by atoms with E-state index in [0.717, 1.165) is 35.0 Å². The van der Waals surface area contributed by atoms with Gasteiger partial charge in [0, 0.05) is 31.5 Å². The highest BCUT2D eigenvalue weighted by Crippen LogP contribution is 2.43. The minimum Gasteiger partial charge on any atom is -0.380 e. The van der Waals surface area contributed by atoms with E-state index in [-0.39, 0.29) is 24.5 Å². The number of nitrogens with zero attached hydrogens (tertiary/aromatic N) is 4. The summed E-state index contributed by atoms with van der Waals surface area (Å²) in [6, 6.07) is 12.0. The lowest BCUT2D eigenvalue weighted by Gasteiger charge is -2.31. The van der Waals surface area contributed by atoms with E-state index in [9.17, 15) is 17.6 Å². The Morgan fingerprint density at radius 2 is 1.76 bits per heavy atom. The number of ether oxygens (including phenoxy) is 2. The number of aromatic nitrogens is 4. The SMILES string of the molecule is CCC(OC)(c1cn(Cc2ccn3c(-c4ccc(F)cc4)c(COC)cc3c2)nn1)C(F)(F)F. The van der Waals surface area contributed by atoms with Gasteiger partial charge < -0.3 is 13.9 Å². The van der Waals surface area contributed by atoms with E-state index in [1.54, 1.807) is 19.2 Å². The smallest absolute Gasteiger partial charge is 0.380 e. The number of methoxy groups -OCH3 is 2. The number of pyridine rings is 1. The summed E-state index contributed by atoms with van der Waals surface area (Å²) in [5.74, 6) is -0.321. The molecule has 3 aromatic heterocycles. The van der Waals surface area contributed by atoms with Gasteiger partial charge in [-0.15, -0.1) is 5.10 Å². The second-order valence-corrected chi connectivity index (χ2v) is 7.97. The third-order valence-electron chi connectivity index (χ3n) is 5.94. The zero-order valence-corrected chi connectivity index (χ0v) is 18.9. The second kappa shape index (κ2) is 9.19. The molecule has 3 heterocycles. The molecule has 0 aliphatic heterocycles. The molecule has 180 valence electrons. The molecule has 0 radical (unpaired) electrons. The van der Waals surface area contributed by atoms with Crippen molar-refractivity contribution >= 4 is 5.52 Å². The number of benzene rings is 1. The van der Waals surface area contributed by atoms with Gasteiger partial charge in [0.15, 0.2) is 0 Å². The zero-order valence-electron chi connectivity index (χ0n) is 18.9. The molecule has 4 aromatic rings. The lowest BCUT2D eigenvalue weighted by molar-refractivity contribution is -0.279. The van der Waals surface area contributed by atoms with Gasteiger partial charge >= 0.3 is 6.18 Å². The Kier molecular flexibility index (Phi) is 6.46. The maximum Gasteiger partial charge on any atom is 0.423 e. The van der Waals surface area contributed by atoms with Crippen LogP contribution >= 0.6 is 0 Å². The van der Waals surface area contributed by atoms with Gasteiger partial charge in [0.25, 0.3) is 0 Å². The molecule has 0 bridgehead atoms. The van der Waals surface area contributed by atoms with Crippen molar-refractivity contribution in [2.24, 2.45) is 0 Å². The fourth-order valence-corrected chi connectivity index (χ4v) is 4.22. The Morgan fingerprint density at radius 1 is 1.03 bits per heavy atom. The van der Waals surface area contributed by atoms with Crippen molar-refractivity contribution in [3.63, 3.8) is 0 Å². The van der Waals surface area contributed by atoms with Crippen molar-refractivity contribution in [2.45, 2.75) is 38.3 Å². The number of hydrogen-bond donors (Lipinski definition) is 0. The van der Waals surface area contributed by atoms with Crippen molar-refractivity contribution in [2.75, 3.05) is 14.2 Å². The molecule has 0 N–H and O–H groups in total. The molecule has 0 spiro atoms. The molecule has 0 amide bonds. The van der Waals surface area contributed by atoms with Gasteiger partial charge in [-0.2, -0.15) is 13.2 Å². The Labute approximate surface area is 193 Å². The summed E-state index contributed by atoms with van der Waals surface area (Å²) >= 11 is 0. The van der Waals surface area contributed by atoms with Crippen LogP contribution in [0.1, 0.15) is 30.2 Å². The Morgan fingerprint density at radius 3 is 2.38 bits per heavy atom. The van der Waals surface area contributed by atoms with Crippen molar-refractivity contribution < 1.29 is 27.0 Å². The second-order valence-electron chi connectivity index (χ2n) is 7.97. The largest absolute Gasteiger partial charge is 0.423 e. The predicted octanol–water partition coefficient (Wildman–Crippen LogP) is 5.35. The van der Waals surface area contributed by atoms with Gasteiger partial charge in [-0.05, 0) is 60.0 Å². The van der Waals surface area contributed by atoms with Gasteiger partial charge in [-0.3, -0.25) is 0 Å². The molecule has 0 fully saturated rings. The summed E-state index contributed by atoms with van der Waals surface area (Å²) < 4.78 is 68.1. The molecule has 0 aliphatic rings. The maximum atomic E-state index is 13.7. The fourth-order valence-electron chi connectivity index (χ4n) is 4.22. The predicted molar refractivity (Wildman–Crippen MR) is 118 cm³/mol. The number of alkyl halides is 3. The molecule has 1 unspecified atom stereocenters. The number of fused-ring (bicyclic) bond motifs is 1. The third-order valence-corrected chi connectivity index (χ3v) is 5.94. The van der Waals surface area contributed by atoms with Gasteiger partial charge in [0.2, 0.25) is 5.60 Å². The average Bonchev–Trinajstić information content (AvgIpc) is 3.39. The van der Waals surface area contributed by atoms with Crippen LogP contribution in [0.5, 0.6) is 0 Å². The summed E-state index contributed by atoms with van der Waals surface area (Å²) in [6.45, 7) is 1.98. The Balaban J connectivity index is 1.68. The number of hydrogen-bond acceptors (Lipinski definition) is 4. The zero-order chi connectivity index (χ0) is 24.5. The van der Waals surface area contributed by atoms with Crippen LogP contribution in [0.25, 0.3) is 16.8 Å². The normalized spacial score (nSPS) is 14.0. The van der Waals surface area contributed by atoms with Crippen LogP contribution in [0, 0.1) is 5.82 Å². The topological polar surface area (TPSA) is 53.6 Å². The van der Waals surface area contributed by atoms with Crippen molar-refractivity contribution in [1.29, 1.82) is 0 Å². The molecule has 6 nitrogen and oxygen atoms in total. The molecule has 0 aliphatic carbocycles. The minimum atomic E-state index is -4.63. The van der Waals surface area contributed by atoms with E-state index in [4.69, 9.17) is 9.47 Å². The molecule has 0 saturated carbocycles. The van der Waals surface area contributed by atoms with Crippen LogP contribution < -0.4 is 0 Å². The third kappa shape index (κ3) is 4.19. The van der Waals surface area contributed by atoms with E-state index in [1.807, 2.05) is 28.8 Å². The van der Waals surface area contributed by atoms with Gasteiger partial charge in [0.1, 0.15) is 11.5 Å². The van der Waals surface area contributed by atoms with Crippen LogP contribution in [0.15, 0.2) is 54.9 Å². The van der Waals surface area contributed by atoms with Crippen LogP contribution in [0.2, 0.25) is 0 Å². The van der Waals surface area contributed by atoms with E-state index < -0.39 is 11.8 Å². The molecule has 4 rings (SSSR count). The standard InChI is InChI=1S/C24H24F4N4O2/c1-4-23(34-3,24(26,27)28)21-14-31(30-29-21)13-16-9-10-32-20(11-16)12-18(15-33-2)22(32)17-5-7-19(25)8-6-17/h5-12,14H,4,13,15H2,1-3H3.